The molecule has 0 spiro atoms. The molecule has 4 nitrogen and oxygen atoms in total. The molecule has 4 heteroatoms. The molecule has 0 aromatic carbocycles. The van der Waals surface area contributed by atoms with E-state index in [1.807, 2.05) is 12.4 Å². The van der Waals surface area contributed by atoms with Crippen molar-refractivity contribution in [3.8, 4) is 0 Å². The van der Waals surface area contributed by atoms with E-state index in [0.717, 1.165) is 13.1 Å². The second kappa shape index (κ2) is 5.67. The Labute approximate surface area is 110 Å². The van der Waals surface area contributed by atoms with E-state index in [1.54, 1.807) is 10.9 Å². The largest absolute Gasteiger partial charge is 0.312 e. The van der Waals surface area contributed by atoms with E-state index < -0.39 is 0 Å². The van der Waals surface area contributed by atoms with Gasteiger partial charge in [-0.05, 0) is 38.4 Å². The van der Waals surface area contributed by atoms with Crippen LogP contribution in [-0.2, 0) is 6.54 Å². The number of rotatable bonds is 5. The predicted molar refractivity (Wildman–Crippen MR) is 75.2 cm³/mol. The Morgan fingerprint density at radius 3 is 2.83 bits per heavy atom. The van der Waals surface area contributed by atoms with Gasteiger partial charge >= 0.3 is 0 Å². The number of nitrogens with one attached hydrogen (secondary N) is 1. The van der Waals surface area contributed by atoms with Gasteiger partial charge in [-0.25, -0.2) is 4.68 Å². The van der Waals surface area contributed by atoms with Crippen molar-refractivity contribution in [3.63, 3.8) is 0 Å². The zero-order valence-electron chi connectivity index (χ0n) is 11.5. The maximum Gasteiger partial charge on any atom is 0.0538 e. The highest BCUT2D eigenvalue weighted by Gasteiger charge is 2.28. The van der Waals surface area contributed by atoms with Gasteiger partial charge in [-0.3, -0.25) is 0 Å². The standard InChI is InChI=1S/C14H24N4/c1-4-18-11-13(10-16-18)9-15-12-14(2)5-7-17(3)8-6-14/h4,10-11,15H,1,5-9,12H2,2-3H3. The fraction of sp³-hybridized carbons (Fsp3) is 0.643. The molecule has 1 aromatic heterocycles. The van der Waals surface area contributed by atoms with Gasteiger partial charge in [0.15, 0.2) is 0 Å². The third-order valence-electron chi connectivity index (χ3n) is 3.92. The highest BCUT2D eigenvalue weighted by molar-refractivity contribution is 5.17. The third kappa shape index (κ3) is 3.43. The van der Waals surface area contributed by atoms with Crippen molar-refractivity contribution >= 4 is 6.20 Å². The summed E-state index contributed by atoms with van der Waals surface area (Å²) in [5, 5.41) is 7.74. The first-order chi connectivity index (χ1) is 8.61. The molecular weight excluding hydrogens is 224 g/mol. The van der Waals surface area contributed by atoms with Gasteiger partial charge in [-0.1, -0.05) is 13.5 Å². The molecule has 1 aliphatic rings. The molecule has 0 unspecified atom stereocenters. The summed E-state index contributed by atoms with van der Waals surface area (Å²) >= 11 is 0. The number of piperidine rings is 1. The summed E-state index contributed by atoms with van der Waals surface area (Å²) < 4.78 is 1.74. The lowest BCUT2D eigenvalue weighted by atomic mass is 9.80. The average molecular weight is 248 g/mol. The normalized spacial score (nSPS) is 19.9. The van der Waals surface area contributed by atoms with Gasteiger partial charge in [0.25, 0.3) is 0 Å². The fourth-order valence-corrected chi connectivity index (χ4v) is 2.41. The van der Waals surface area contributed by atoms with Crippen molar-refractivity contribution in [1.29, 1.82) is 0 Å². The third-order valence-corrected chi connectivity index (χ3v) is 3.92. The molecule has 1 aliphatic heterocycles. The number of hydrogen-bond acceptors (Lipinski definition) is 3. The van der Waals surface area contributed by atoms with Crippen molar-refractivity contribution in [2.24, 2.45) is 5.41 Å². The molecule has 0 saturated carbocycles. The first-order valence-corrected chi connectivity index (χ1v) is 6.66. The Kier molecular flexibility index (Phi) is 4.19. The van der Waals surface area contributed by atoms with E-state index in [1.165, 1.54) is 31.5 Å². The minimum Gasteiger partial charge on any atom is -0.312 e. The summed E-state index contributed by atoms with van der Waals surface area (Å²) in [5.74, 6) is 0. The van der Waals surface area contributed by atoms with Gasteiger partial charge in [-0.2, -0.15) is 5.10 Å². The summed E-state index contributed by atoms with van der Waals surface area (Å²) in [4.78, 5) is 2.41. The van der Waals surface area contributed by atoms with E-state index >= 15 is 0 Å². The fourth-order valence-electron chi connectivity index (χ4n) is 2.41. The molecule has 0 radical (unpaired) electrons. The van der Waals surface area contributed by atoms with Crippen LogP contribution in [0.25, 0.3) is 6.20 Å². The highest BCUT2D eigenvalue weighted by atomic mass is 15.2. The van der Waals surface area contributed by atoms with Crippen molar-refractivity contribution in [2.75, 3.05) is 26.7 Å². The highest BCUT2D eigenvalue weighted by Crippen LogP contribution is 2.29. The Bertz CT molecular complexity index is 388. The lowest BCUT2D eigenvalue weighted by molar-refractivity contribution is 0.137. The monoisotopic (exact) mass is 248 g/mol. The summed E-state index contributed by atoms with van der Waals surface area (Å²) in [5.41, 5.74) is 1.66. The van der Waals surface area contributed by atoms with Crippen LogP contribution in [0.1, 0.15) is 25.3 Å². The van der Waals surface area contributed by atoms with E-state index in [4.69, 9.17) is 0 Å². The molecule has 0 bridgehead atoms. The summed E-state index contributed by atoms with van der Waals surface area (Å²) in [6.07, 6.45) is 8.18. The molecule has 1 saturated heterocycles. The quantitative estimate of drug-likeness (QED) is 0.862. The van der Waals surface area contributed by atoms with Crippen LogP contribution in [0, 0.1) is 5.41 Å². The van der Waals surface area contributed by atoms with Gasteiger partial charge in [0, 0.05) is 31.0 Å². The summed E-state index contributed by atoms with van der Waals surface area (Å²) in [6, 6.07) is 0. The molecule has 0 atom stereocenters. The van der Waals surface area contributed by atoms with Crippen LogP contribution in [0.3, 0.4) is 0 Å². The number of likely N-dealkylation sites (tertiary alicyclic amines) is 1. The molecule has 2 heterocycles. The van der Waals surface area contributed by atoms with Crippen molar-refractivity contribution in [1.82, 2.24) is 20.0 Å². The number of hydrogen-bond donors (Lipinski definition) is 1. The van der Waals surface area contributed by atoms with E-state index in [0.29, 0.717) is 5.41 Å². The van der Waals surface area contributed by atoms with E-state index in [-0.39, 0.29) is 0 Å². The van der Waals surface area contributed by atoms with E-state index in [9.17, 15) is 0 Å². The van der Waals surface area contributed by atoms with Crippen LogP contribution >= 0.6 is 0 Å². The van der Waals surface area contributed by atoms with Crippen molar-refractivity contribution < 1.29 is 0 Å². The second-order valence-corrected chi connectivity index (χ2v) is 5.73. The van der Waals surface area contributed by atoms with Gasteiger partial charge in [-0.15, -0.1) is 0 Å². The minimum atomic E-state index is 0.445. The van der Waals surface area contributed by atoms with Gasteiger partial charge in [0.1, 0.15) is 0 Å². The molecule has 1 aromatic rings. The summed E-state index contributed by atoms with van der Waals surface area (Å²) in [6.45, 7) is 10.5. The van der Waals surface area contributed by atoms with Crippen LogP contribution in [0.5, 0.6) is 0 Å². The lowest BCUT2D eigenvalue weighted by Gasteiger charge is -2.38. The molecule has 1 fully saturated rings. The average Bonchev–Trinajstić information content (AvgIpc) is 2.81. The van der Waals surface area contributed by atoms with Crippen molar-refractivity contribution in [2.45, 2.75) is 26.3 Å². The Hall–Kier alpha value is -1.13. The maximum absolute atomic E-state index is 4.18. The SMILES string of the molecule is C=Cn1cc(CNCC2(C)CCN(C)CC2)cn1. The Morgan fingerprint density at radius 1 is 1.50 bits per heavy atom. The van der Waals surface area contributed by atoms with Crippen LogP contribution in [0.2, 0.25) is 0 Å². The molecule has 18 heavy (non-hydrogen) atoms. The topological polar surface area (TPSA) is 33.1 Å². The first-order valence-electron chi connectivity index (χ1n) is 6.66. The van der Waals surface area contributed by atoms with Crippen LogP contribution < -0.4 is 5.32 Å². The van der Waals surface area contributed by atoms with Gasteiger partial charge in [0.05, 0.1) is 6.20 Å². The zero-order valence-corrected chi connectivity index (χ0v) is 11.5. The minimum absolute atomic E-state index is 0.445. The maximum atomic E-state index is 4.18. The van der Waals surface area contributed by atoms with Crippen LogP contribution in [0.15, 0.2) is 19.0 Å². The number of aromatic nitrogens is 2. The zero-order chi connectivity index (χ0) is 13.0. The van der Waals surface area contributed by atoms with E-state index in [2.05, 4.69) is 35.9 Å². The van der Waals surface area contributed by atoms with Crippen LogP contribution in [-0.4, -0.2) is 41.4 Å². The lowest BCUT2D eigenvalue weighted by Crippen LogP contribution is -2.41. The molecule has 0 aliphatic carbocycles. The van der Waals surface area contributed by atoms with Gasteiger partial charge in [0.2, 0.25) is 0 Å². The van der Waals surface area contributed by atoms with Crippen LogP contribution in [0.4, 0.5) is 0 Å². The molecule has 100 valence electrons. The summed E-state index contributed by atoms with van der Waals surface area (Å²) in [7, 11) is 2.21. The smallest absolute Gasteiger partial charge is 0.0538 e. The molecular formula is C14H24N4. The second-order valence-electron chi connectivity index (χ2n) is 5.73. The van der Waals surface area contributed by atoms with Gasteiger partial charge < -0.3 is 10.2 Å². The predicted octanol–water partition coefficient (Wildman–Crippen LogP) is 1.81. The number of nitrogens with zero attached hydrogens (tertiary/aromatic N) is 3. The Morgan fingerprint density at radius 2 is 2.22 bits per heavy atom. The van der Waals surface area contributed by atoms with Crippen molar-refractivity contribution in [3.05, 3.63) is 24.5 Å². The Balaban J connectivity index is 1.76. The molecule has 0 amide bonds. The molecule has 1 N–H and O–H groups in total. The molecule has 2 rings (SSSR count). The first kappa shape index (κ1) is 13.3.